The van der Waals surface area contributed by atoms with Crippen molar-refractivity contribution < 1.29 is 4.79 Å². The van der Waals surface area contributed by atoms with Crippen molar-refractivity contribution in [3.05, 3.63) is 35.4 Å². The van der Waals surface area contributed by atoms with Gasteiger partial charge in [0.2, 0.25) is 0 Å². The van der Waals surface area contributed by atoms with Crippen LogP contribution < -0.4 is 0 Å². The van der Waals surface area contributed by atoms with Gasteiger partial charge in [-0.3, -0.25) is 0 Å². The zero-order valence-electron chi connectivity index (χ0n) is 6.25. The molecule has 1 unspecified atom stereocenters. The average molecular weight is 213 g/mol. The van der Waals surface area contributed by atoms with Crippen LogP contribution in [-0.2, 0) is 4.79 Å². The predicted octanol–water partition coefficient (Wildman–Crippen LogP) is 2.63. The van der Waals surface area contributed by atoms with Gasteiger partial charge in [0.15, 0.2) is 0 Å². The molecule has 1 aromatic rings. The quantitative estimate of drug-likeness (QED) is 0.545. The first-order valence-electron chi connectivity index (χ1n) is 3.40. The Bertz CT molecular complexity index is 257. The number of rotatable bonds is 2. The summed E-state index contributed by atoms with van der Waals surface area (Å²) in [5, 5.41) is 0. The van der Waals surface area contributed by atoms with Gasteiger partial charge in [-0.2, -0.15) is 0 Å². The fourth-order valence-corrected chi connectivity index (χ4v) is 1.21. The molecule has 1 rings (SSSR count). The lowest BCUT2D eigenvalue weighted by molar-refractivity contribution is -0.107. The van der Waals surface area contributed by atoms with Crippen molar-refractivity contribution in [3.63, 3.8) is 0 Å². The van der Waals surface area contributed by atoms with E-state index >= 15 is 0 Å². The van der Waals surface area contributed by atoms with E-state index in [-0.39, 0.29) is 4.83 Å². The largest absolute Gasteiger partial charge is 0.302 e. The number of alkyl halides is 1. The zero-order valence-corrected chi connectivity index (χ0v) is 7.84. The van der Waals surface area contributed by atoms with Gasteiger partial charge in [0.25, 0.3) is 0 Å². The Labute approximate surface area is 74.6 Å². The first kappa shape index (κ1) is 8.47. The van der Waals surface area contributed by atoms with Crippen LogP contribution in [0.15, 0.2) is 24.3 Å². The zero-order chi connectivity index (χ0) is 8.27. The number of benzene rings is 1. The number of aldehydes is 1. The van der Waals surface area contributed by atoms with E-state index in [1.54, 1.807) is 0 Å². The van der Waals surface area contributed by atoms with E-state index in [0.717, 1.165) is 11.8 Å². The summed E-state index contributed by atoms with van der Waals surface area (Å²) in [5.41, 5.74) is 2.19. The molecule has 0 aromatic heterocycles. The molecule has 0 amide bonds. The van der Waals surface area contributed by atoms with Crippen molar-refractivity contribution in [1.82, 2.24) is 0 Å². The Kier molecular flexibility index (Phi) is 2.83. The van der Waals surface area contributed by atoms with Crippen molar-refractivity contribution in [2.45, 2.75) is 11.8 Å². The standard InChI is InChI=1S/C9H9BrO/c1-7-3-2-4-8(5-7)9(10)6-11/h2-6,9H,1H3. The van der Waals surface area contributed by atoms with Crippen molar-refractivity contribution in [3.8, 4) is 0 Å². The van der Waals surface area contributed by atoms with Gasteiger partial charge >= 0.3 is 0 Å². The molecule has 2 heteroatoms. The molecule has 0 saturated heterocycles. The molecule has 11 heavy (non-hydrogen) atoms. The van der Waals surface area contributed by atoms with Crippen LogP contribution in [0.3, 0.4) is 0 Å². The van der Waals surface area contributed by atoms with Gasteiger partial charge in [0.05, 0.1) is 4.83 Å². The lowest BCUT2D eigenvalue weighted by atomic mass is 10.1. The van der Waals surface area contributed by atoms with Crippen LogP contribution in [0.4, 0.5) is 0 Å². The Balaban J connectivity index is 2.95. The molecule has 0 aliphatic heterocycles. The smallest absolute Gasteiger partial charge is 0.138 e. The summed E-state index contributed by atoms with van der Waals surface area (Å²) in [6.45, 7) is 2.01. The highest BCUT2D eigenvalue weighted by Crippen LogP contribution is 2.20. The third-order valence-electron chi connectivity index (χ3n) is 1.48. The number of aryl methyl sites for hydroxylation is 1. The summed E-state index contributed by atoms with van der Waals surface area (Å²) in [6, 6.07) is 7.88. The molecule has 0 bridgehead atoms. The predicted molar refractivity (Wildman–Crippen MR) is 48.9 cm³/mol. The van der Waals surface area contributed by atoms with Gasteiger partial charge in [-0.25, -0.2) is 0 Å². The molecule has 1 nitrogen and oxygen atoms in total. The maximum Gasteiger partial charge on any atom is 0.138 e. The SMILES string of the molecule is Cc1cccc(C(Br)C=O)c1. The van der Waals surface area contributed by atoms with E-state index in [1.165, 1.54) is 5.56 Å². The molecule has 0 fully saturated rings. The summed E-state index contributed by atoms with van der Waals surface area (Å²) in [5.74, 6) is 0. The van der Waals surface area contributed by atoms with E-state index in [9.17, 15) is 4.79 Å². The Morgan fingerprint density at radius 3 is 2.82 bits per heavy atom. The van der Waals surface area contributed by atoms with Crippen LogP contribution in [0.1, 0.15) is 16.0 Å². The maximum absolute atomic E-state index is 10.4. The van der Waals surface area contributed by atoms with Crippen LogP contribution >= 0.6 is 15.9 Å². The molecular formula is C9H9BrO. The summed E-state index contributed by atoms with van der Waals surface area (Å²) >= 11 is 3.25. The lowest BCUT2D eigenvalue weighted by Crippen LogP contribution is -1.90. The van der Waals surface area contributed by atoms with E-state index in [2.05, 4.69) is 15.9 Å². The molecule has 1 atom stereocenters. The second-order valence-corrected chi connectivity index (χ2v) is 3.44. The molecule has 0 saturated carbocycles. The second-order valence-electron chi connectivity index (χ2n) is 2.45. The molecule has 1 aromatic carbocycles. The van der Waals surface area contributed by atoms with E-state index < -0.39 is 0 Å². The van der Waals surface area contributed by atoms with Gasteiger partial charge in [-0.05, 0) is 12.5 Å². The summed E-state index contributed by atoms with van der Waals surface area (Å²) in [7, 11) is 0. The van der Waals surface area contributed by atoms with Crippen molar-refractivity contribution >= 4 is 22.2 Å². The number of halogens is 1. The van der Waals surface area contributed by atoms with E-state index in [4.69, 9.17) is 0 Å². The topological polar surface area (TPSA) is 17.1 Å². The van der Waals surface area contributed by atoms with Crippen LogP contribution in [0, 0.1) is 6.92 Å². The molecular weight excluding hydrogens is 204 g/mol. The van der Waals surface area contributed by atoms with Gasteiger partial charge in [-0.15, -0.1) is 0 Å². The molecule has 0 N–H and O–H groups in total. The van der Waals surface area contributed by atoms with Gasteiger partial charge in [0, 0.05) is 0 Å². The van der Waals surface area contributed by atoms with E-state index in [0.29, 0.717) is 0 Å². The third kappa shape index (κ3) is 2.15. The van der Waals surface area contributed by atoms with Crippen LogP contribution in [0.2, 0.25) is 0 Å². The van der Waals surface area contributed by atoms with Crippen molar-refractivity contribution in [1.29, 1.82) is 0 Å². The number of carbonyl (C=O) groups excluding carboxylic acids is 1. The average Bonchev–Trinajstić information content (AvgIpc) is 2.03. The molecule has 0 spiro atoms. The number of hydrogen-bond acceptors (Lipinski definition) is 1. The third-order valence-corrected chi connectivity index (χ3v) is 2.22. The Morgan fingerprint density at radius 2 is 2.27 bits per heavy atom. The fraction of sp³-hybridized carbons (Fsp3) is 0.222. The molecule has 58 valence electrons. The lowest BCUT2D eigenvalue weighted by Gasteiger charge is -2.01. The summed E-state index contributed by atoms with van der Waals surface area (Å²) in [4.78, 5) is 10.2. The molecule has 0 aliphatic rings. The summed E-state index contributed by atoms with van der Waals surface area (Å²) in [6.07, 6.45) is 0.884. The number of hydrogen-bond donors (Lipinski definition) is 0. The van der Waals surface area contributed by atoms with Crippen LogP contribution in [0.5, 0.6) is 0 Å². The van der Waals surface area contributed by atoms with Gasteiger partial charge in [-0.1, -0.05) is 45.8 Å². The highest BCUT2D eigenvalue weighted by atomic mass is 79.9. The van der Waals surface area contributed by atoms with Crippen LogP contribution in [-0.4, -0.2) is 6.29 Å². The van der Waals surface area contributed by atoms with Crippen molar-refractivity contribution in [2.24, 2.45) is 0 Å². The van der Waals surface area contributed by atoms with Crippen LogP contribution in [0.25, 0.3) is 0 Å². The minimum Gasteiger partial charge on any atom is -0.302 e. The molecule has 0 aliphatic carbocycles. The highest BCUT2D eigenvalue weighted by molar-refractivity contribution is 9.09. The van der Waals surface area contributed by atoms with Crippen molar-refractivity contribution in [2.75, 3.05) is 0 Å². The Hall–Kier alpha value is -0.630. The normalized spacial score (nSPS) is 12.5. The molecule has 0 radical (unpaired) electrons. The maximum atomic E-state index is 10.4. The second kappa shape index (κ2) is 3.67. The number of carbonyl (C=O) groups is 1. The summed E-state index contributed by atoms with van der Waals surface area (Å²) < 4.78 is 0. The first-order valence-corrected chi connectivity index (χ1v) is 4.31. The minimum absolute atomic E-state index is 0.164. The highest BCUT2D eigenvalue weighted by Gasteiger charge is 2.03. The minimum atomic E-state index is -0.164. The fourth-order valence-electron chi connectivity index (χ4n) is 0.920. The van der Waals surface area contributed by atoms with Gasteiger partial charge < -0.3 is 4.79 Å². The first-order chi connectivity index (χ1) is 5.24. The Morgan fingerprint density at radius 1 is 1.55 bits per heavy atom. The molecule has 0 heterocycles. The van der Waals surface area contributed by atoms with Gasteiger partial charge in [0.1, 0.15) is 6.29 Å². The van der Waals surface area contributed by atoms with E-state index in [1.807, 2.05) is 31.2 Å². The monoisotopic (exact) mass is 212 g/mol.